The van der Waals surface area contributed by atoms with E-state index in [2.05, 4.69) is 10.00 Å². The average molecular weight is 437 g/mol. The normalized spacial score (nSPS) is 14.5. The zero-order valence-corrected chi connectivity index (χ0v) is 18.0. The molecule has 0 spiro atoms. The van der Waals surface area contributed by atoms with E-state index in [1.807, 2.05) is 13.1 Å². The van der Waals surface area contributed by atoms with E-state index < -0.39 is 23.0 Å². The van der Waals surface area contributed by atoms with Gasteiger partial charge >= 0.3 is 5.69 Å². The van der Waals surface area contributed by atoms with Crippen molar-refractivity contribution in [3.63, 3.8) is 0 Å². The number of carbonyl (C=O) groups is 1. The highest BCUT2D eigenvalue weighted by Crippen LogP contribution is 2.12. The Hall–Kier alpha value is -3.59. The molecule has 4 rings (SSSR count). The van der Waals surface area contributed by atoms with E-state index in [4.69, 9.17) is 0 Å². The molecule has 0 unspecified atom stereocenters. The summed E-state index contributed by atoms with van der Waals surface area (Å²) in [5.74, 6) is -1.05. The molecule has 1 saturated heterocycles. The SMILES string of the molecule is Cc1ccc(-n2nc(C(=O)N3CCN(C)CC3)c(=O)n(Cc3ccccc3)c2=O)cc1F. The van der Waals surface area contributed by atoms with Crippen LogP contribution in [0.1, 0.15) is 21.6 Å². The summed E-state index contributed by atoms with van der Waals surface area (Å²) in [5, 5.41) is 4.11. The van der Waals surface area contributed by atoms with Crippen molar-refractivity contribution < 1.29 is 9.18 Å². The van der Waals surface area contributed by atoms with Gasteiger partial charge in [0.1, 0.15) is 5.82 Å². The van der Waals surface area contributed by atoms with Crippen LogP contribution in [-0.2, 0) is 6.54 Å². The molecule has 2 aromatic carbocycles. The van der Waals surface area contributed by atoms with E-state index in [1.165, 1.54) is 18.2 Å². The molecular formula is C23H24FN5O3. The number of likely N-dealkylation sites (N-methyl/N-ethyl adjacent to an activating group) is 1. The third-order valence-electron chi connectivity index (χ3n) is 5.64. The Morgan fingerprint density at radius 3 is 2.38 bits per heavy atom. The lowest BCUT2D eigenvalue weighted by Crippen LogP contribution is -2.51. The van der Waals surface area contributed by atoms with Gasteiger partial charge in [0.25, 0.3) is 11.5 Å². The van der Waals surface area contributed by atoms with Crippen LogP contribution in [0.25, 0.3) is 5.69 Å². The van der Waals surface area contributed by atoms with Crippen LogP contribution in [-0.4, -0.2) is 63.3 Å². The lowest BCUT2D eigenvalue weighted by molar-refractivity contribution is 0.0652. The lowest BCUT2D eigenvalue weighted by Gasteiger charge is -2.32. The van der Waals surface area contributed by atoms with Crippen LogP contribution in [0, 0.1) is 12.7 Å². The van der Waals surface area contributed by atoms with E-state index >= 15 is 0 Å². The second kappa shape index (κ2) is 8.88. The molecule has 32 heavy (non-hydrogen) atoms. The number of hydrogen-bond acceptors (Lipinski definition) is 5. The van der Waals surface area contributed by atoms with Crippen molar-refractivity contribution >= 4 is 5.91 Å². The summed E-state index contributed by atoms with van der Waals surface area (Å²) in [6.07, 6.45) is 0. The molecule has 0 saturated carbocycles. The van der Waals surface area contributed by atoms with Gasteiger partial charge in [0.05, 0.1) is 12.2 Å². The Balaban J connectivity index is 1.86. The second-order valence-electron chi connectivity index (χ2n) is 7.95. The Labute approximate surface area is 184 Å². The fourth-order valence-corrected chi connectivity index (χ4v) is 3.60. The maximum Gasteiger partial charge on any atom is 0.352 e. The maximum absolute atomic E-state index is 14.2. The Morgan fingerprint density at radius 2 is 1.72 bits per heavy atom. The first-order chi connectivity index (χ1) is 15.3. The third kappa shape index (κ3) is 4.24. The molecule has 0 radical (unpaired) electrons. The molecule has 2 heterocycles. The largest absolute Gasteiger partial charge is 0.352 e. The average Bonchev–Trinajstić information content (AvgIpc) is 2.79. The summed E-state index contributed by atoms with van der Waals surface area (Å²) in [5.41, 5.74) is -0.576. The van der Waals surface area contributed by atoms with E-state index in [1.54, 1.807) is 36.1 Å². The molecule has 0 N–H and O–H groups in total. The predicted octanol–water partition coefficient (Wildman–Crippen LogP) is 1.28. The highest BCUT2D eigenvalue weighted by molar-refractivity contribution is 5.92. The number of aryl methyl sites for hydroxylation is 1. The number of hydrogen-bond donors (Lipinski definition) is 0. The summed E-state index contributed by atoms with van der Waals surface area (Å²) < 4.78 is 16.1. The van der Waals surface area contributed by atoms with Crippen LogP contribution < -0.4 is 11.2 Å². The van der Waals surface area contributed by atoms with Gasteiger partial charge < -0.3 is 9.80 Å². The van der Waals surface area contributed by atoms with Crippen molar-refractivity contribution in [1.82, 2.24) is 24.1 Å². The number of rotatable bonds is 4. The fourth-order valence-electron chi connectivity index (χ4n) is 3.60. The minimum atomic E-state index is -0.758. The number of piperazine rings is 1. The van der Waals surface area contributed by atoms with Crippen LogP contribution in [0.5, 0.6) is 0 Å². The fraction of sp³-hybridized carbons (Fsp3) is 0.304. The van der Waals surface area contributed by atoms with Gasteiger partial charge in [-0.2, -0.15) is 9.78 Å². The molecule has 1 amide bonds. The van der Waals surface area contributed by atoms with Gasteiger partial charge in [0, 0.05) is 32.2 Å². The molecule has 1 aliphatic heterocycles. The van der Waals surface area contributed by atoms with Crippen molar-refractivity contribution in [2.45, 2.75) is 13.5 Å². The van der Waals surface area contributed by atoms with Gasteiger partial charge in [-0.25, -0.2) is 9.18 Å². The summed E-state index contributed by atoms with van der Waals surface area (Å²) >= 11 is 0. The van der Waals surface area contributed by atoms with Crippen LogP contribution in [0.2, 0.25) is 0 Å². The molecular weight excluding hydrogens is 413 g/mol. The molecule has 166 valence electrons. The maximum atomic E-state index is 14.2. The highest BCUT2D eigenvalue weighted by atomic mass is 19.1. The number of carbonyl (C=O) groups excluding carboxylic acids is 1. The number of aromatic nitrogens is 3. The van der Waals surface area contributed by atoms with Gasteiger partial charge in [-0.3, -0.25) is 14.2 Å². The quantitative estimate of drug-likeness (QED) is 0.614. The van der Waals surface area contributed by atoms with Crippen molar-refractivity contribution in [3.8, 4) is 5.69 Å². The zero-order chi connectivity index (χ0) is 22.8. The predicted molar refractivity (Wildman–Crippen MR) is 118 cm³/mol. The monoisotopic (exact) mass is 437 g/mol. The summed E-state index contributed by atoms with van der Waals surface area (Å²) in [7, 11) is 1.96. The van der Waals surface area contributed by atoms with Crippen molar-refractivity contribution in [3.05, 3.63) is 92.0 Å². The van der Waals surface area contributed by atoms with Crippen molar-refractivity contribution in [2.24, 2.45) is 0 Å². The van der Waals surface area contributed by atoms with Crippen molar-refractivity contribution in [2.75, 3.05) is 33.2 Å². The van der Waals surface area contributed by atoms with Crippen molar-refractivity contribution in [1.29, 1.82) is 0 Å². The Bertz CT molecular complexity index is 1260. The molecule has 1 aromatic heterocycles. The molecule has 9 heteroatoms. The summed E-state index contributed by atoms with van der Waals surface area (Å²) in [6.45, 7) is 3.83. The van der Waals surface area contributed by atoms with E-state index in [9.17, 15) is 18.8 Å². The van der Waals surface area contributed by atoms with E-state index in [0.717, 1.165) is 14.8 Å². The molecule has 3 aromatic rings. The van der Waals surface area contributed by atoms with Crippen LogP contribution in [0.4, 0.5) is 4.39 Å². The number of benzene rings is 2. The first kappa shape index (κ1) is 21.6. The highest BCUT2D eigenvalue weighted by Gasteiger charge is 2.27. The molecule has 0 bridgehead atoms. The minimum Gasteiger partial charge on any atom is -0.335 e. The molecule has 1 fully saturated rings. The summed E-state index contributed by atoms with van der Waals surface area (Å²) in [4.78, 5) is 43.2. The van der Waals surface area contributed by atoms with Gasteiger partial charge in [-0.15, -0.1) is 0 Å². The van der Waals surface area contributed by atoms with E-state index in [0.29, 0.717) is 31.7 Å². The molecule has 0 aliphatic carbocycles. The Morgan fingerprint density at radius 1 is 1.03 bits per heavy atom. The number of amides is 1. The molecule has 1 aliphatic rings. The zero-order valence-electron chi connectivity index (χ0n) is 18.0. The first-order valence-corrected chi connectivity index (χ1v) is 10.4. The van der Waals surface area contributed by atoms with Gasteiger partial charge in [0.2, 0.25) is 5.69 Å². The molecule has 0 atom stereocenters. The van der Waals surface area contributed by atoms with Crippen LogP contribution in [0.3, 0.4) is 0 Å². The summed E-state index contributed by atoms with van der Waals surface area (Å²) in [6, 6.07) is 13.2. The van der Waals surface area contributed by atoms with Crippen LogP contribution >= 0.6 is 0 Å². The van der Waals surface area contributed by atoms with Crippen LogP contribution in [0.15, 0.2) is 58.1 Å². The van der Waals surface area contributed by atoms with Gasteiger partial charge in [-0.1, -0.05) is 36.4 Å². The van der Waals surface area contributed by atoms with E-state index in [-0.39, 0.29) is 17.9 Å². The van der Waals surface area contributed by atoms with Gasteiger partial charge in [-0.05, 0) is 31.2 Å². The lowest BCUT2D eigenvalue weighted by atomic mass is 10.2. The topological polar surface area (TPSA) is 80.4 Å². The first-order valence-electron chi connectivity index (χ1n) is 10.4. The number of halogens is 1. The molecule has 8 nitrogen and oxygen atoms in total. The number of nitrogens with zero attached hydrogens (tertiary/aromatic N) is 5. The smallest absolute Gasteiger partial charge is 0.335 e. The second-order valence-corrected chi connectivity index (χ2v) is 7.95. The Kier molecular flexibility index (Phi) is 6.00. The standard InChI is InChI=1S/C23H24FN5O3/c1-16-8-9-18(14-19(16)24)29-23(32)28(15-17-6-4-3-5-7-17)22(31)20(25-29)21(30)27-12-10-26(2)11-13-27/h3-9,14H,10-13,15H2,1-2H3. The third-order valence-corrected chi connectivity index (χ3v) is 5.64. The minimum absolute atomic E-state index is 0.0294. The van der Waals surface area contributed by atoms with Gasteiger partial charge in [0.15, 0.2) is 0 Å².